The van der Waals surface area contributed by atoms with Crippen molar-refractivity contribution in [2.75, 3.05) is 6.61 Å². The van der Waals surface area contributed by atoms with Crippen LogP contribution in [-0.4, -0.2) is 6.61 Å². The van der Waals surface area contributed by atoms with Gasteiger partial charge in [-0.15, -0.1) is 0 Å². The lowest BCUT2D eigenvalue weighted by Gasteiger charge is -2.11. The molecule has 2 aromatic rings. The third-order valence-electron chi connectivity index (χ3n) is 2.46. The molecule has 0 unspecified atom stereocenters. The van der Waals surface area contributed by atoms with Crippen molar-refractivity contribution < 1.29 is 4.74 Å². The van der Waals surface area contributed by atoms with Crippen molar-refractivity contribution in [1.82, 2.24) is 0 Å². The summed E-state index contributed by atoms with van der Waals surface area (Å²) >= 11 is 10.5. The first-order valence-corrected chi connectivity index (χ1v) is 7.87. The van der Waals surface area contributed by atoms with Gasteiger partial charge < -0.3 is 4.74 Å². The second-order valence-electron chi connectivity index (χ2n) is 3.71. The van der Waals surface area contributed by atoms with Gasteiger partial charge in [-0.25, -0.2) is 0 Å². The fourth-order valence-corrected chi connectivity index (χ4v) is 3.33. The lowest BCUT2D eigenvalue weighted by atomic mass is 10.1. The van der Waals surface area contributed by atoms with Crippen LogP contribution in [0.5, 0.6) is 5.75 Å². The highest BCUT2D eigenvalue weighted by atomic mass is 79.9. The van der Waals surface area contributed by atoms with Gasteiger partial charge in [0.2, 0.25) is 0 Å². The normalized spacial score (nSPS) is 10.4. The van der Waals surface area contributed by atoms with E-state index in [4.69, 9.17) is 4.74 Å². The summed E-state index contributed by atoms with van der Waals surface area (Å²) in [6.07, 6.45) is 0. The van der Waals surface area contributed by atoms with Crippen molar-refractivity contribution in [3.8, 4) is 16.9 Å². The second-order valence-corrected chi connectivity index (χ2v) is 6.33. The summed E-state index contributed by atoms with van der Waals surface area (Å²) < 4.78 is 8.57. The average molecular weight is 435 g/mol. The molecule has 0 aliphatic rings. The number of ether oxygens (including phenoxy) is 1. The first-order valence-electron chi connectivity index (χ1n) is 5.49. The van der Waals surface area contributed by atoms with E-state index >= 15 is 0 Å². The van der Waals surface area contributed by atoms with Crippen molar-refractivity contribution in [3.05, 3.63) is 49.8 Å². The standard InChI is InChI=1S/C14H11Br3O/c1-2-18-14-12(16)7-10(8-13(14)17)9-3-5-11(15)6-4-9/h3-8H,2H2,1H3. The summed E-state index contributed by atoms with van der Waals surface area (Å²) in [5.41, 5.74) is 2.31. The highest BCUT2D eigenvalue weighted by molar-refractivity contribution is 9.11. The lowest BCUT2D eigenvalue weighted by Crippen LogP contribution is -1.94. The number of hydrogen-bond donors (Lipinski definition) is 0. The third kappa shape index (κ3) is 3.16. The molecule has 0 saturated heterocycles. The highest BCUT2D eigenvalue weighted by Gasteiger charge is 2.09. The van der Waals surface area contributed by atoms with Gasteiger partial charge in [0, 0.05) is 4.47 Å². The van der Waals surface area contributed by atoms with Crippen LogP contribution in [-0.2, 0) is 0 Å². The summed E-state index contributed by atoms with van der Waals surface area (Å²) in [5, 5.41) is 0. The minimum atomic E-state index is 0.648. The van der Waals surface area contributed by atoms with Crippen LogP contribution in [0.15, 0.2) is 49.8 Å². The maximum Gasteiger partial charge on any atom is 0.147 e. The molecule has 0 amide bonds. The Bertz CT molecular complexity index is 526. The number of halogens is 3. The van der Waals surface area contributed by atoms with E-state index in [-0.39, 0.29) is 0 Å². The topological polar surface area (TPSA) is 9.23 Å². The molecule has 0 spiro atoms. The largest absolute Gasteiger partial charge is 0.492 e. The van der Waals surface area contributed by atoms with Crippen LogP contribution < -0.4 is 4.74 Å². The SMILES string of the molecule is CCOc1c(Br)cc(-c2ccc(Br)cc2)cc1Br. The Morgan fingerprint density at radius 2 is 1.44 bits per heavy atom. The average Bonchev–Trinajstić information content (AvgIpc) is 2.34. The van der Waals surface area contributed by atoms with Gasteiger partial charge in [-0.3, -0.25) is 0 Å². The fraction of sp³-hybridized carbons (Fsp3) is 0.143. The first-order chi connectivity index (χ1) is 8.61. The lowest BCUT2D eigenvalue weighted by molar-refractivity contribution is 0.336. The summed E-state index contributed by atoms with van der Waals surface area (Å²) in [7, 11) is 0. The van der Waals surface area contributed by atoms with Gasteiger partial charge in [0.05, 0.1) is 15.6 Å². The predicted molar refractivity (Wildman–Crippen MR) is 86.1 cm³/mol. The molecule has 0 bridgehead atoms. The third-order valence-corrected chi connectivity index (χ3v) is 4.17. The zero-order chi connectivity index (χ0) is 13.1. The van der Waals surface area contributed by atoms with Crippen LogP contribution in [0.25, 0.3) is 11.1 Å². The van der Waals surface area contributed by atoms with E-state index in [1.54, 1.807) is 0 Å². The Labute approximate surface area is 132 Å². The van der Waals surface area contributed by atoms with Crippen LogP contribution in [0, 0.1) is 0 Å². The Hall–Kier alpha value is -0.320. The molecule has 0 N–H and O–H groups in total. The summed E-state index contributed by atoms with van der Waals surface area (Å²) in [6, 6.07) is 12.4. The zero-order valence-electron chi connectivity index (χ0n) is 9.71. The minimum absolute atomic E-state index is 0.648. The van der Waals surface area contributed by atoms with Crippen molar-refractivity contribution in [2.45, 2.75) is 6.92 Å². The Morgan fingerprint density at radius 1 is 0.889 bits per heavy atom. The van der Waals surface area contributed by atoms with Gasteiger partial charge in [-0.1, -0.05) is 28.1 Å². The summed E-state index contributed by atoms with van der Waals surface area (Å²) in [5.74, 6) is 0.846. The maximum atomic E-state index is 5.58. The molecule has 0 atom stereocenters. The van der Waals surface area contributed by atoms with Crippen LogP contribution in [0.4, 0.5) is 0 Å². The molecule has 18 heavy (non-hydrogen) atoms. The molecule has 2 rings (SSSR count). The number of hydrogen-bond acceptors (Lipinski definition) is 1. The number of benzene rings is 2. The zero-order valence-corrected chi connectivity index (χ0v) is 14.5. The quantitative estimate of drug-likeness (QED) is 0.572. The highest BCUT2D eigenvalue weighted by Crippen LogP contribution is 2.38. The Kier molecular flexibility index (Phi) is 4.87. The van der Waals surface area contributed by atoms with Gasteiger partial charge in [0.15, 0.2) is 0 Å². The maximum absolute atomic E-state index is 5.58. The van der Waals surface area contributed by atoms with Crippen LogP contribution >= 0.6 is 47.8 Å². The van der Waals surface area contributed by atoms with E-state index in [2.05, 4.69) is 72.1 Å². The van der Waals surface area contributed by atoms with Crippen LogP contribution in [0.1, 0.15) is 6.92 Å². The molecule has 0 aliphatic carbocycles. The van der Waals surface area contributed by atoms with E-state index in [1.165, 1.54) is 5.56 Å². The van der Waals surface area contributed by atoms with Gasteiger partial charge >= 0.3 is 0 Å². The van der Waals surface area contributed by atoms with Crippen molar-refractivity contribution in [3.63, 3.8) is 0 Å². The van der Waals surface area contributed by atoms with Crippen LogP contribution in [0.3, 0.4) is 0 Å². The molecular weight excluding hydrogens is 424 g/mol. The van der Waals surface area contributed by atoms with Crippen molar-refractivity contribution >= 4 is 47.8 Å². The summed E-state index contributed by atoms with van der Waals surface area (Å²) in [4.78, 5) is 0. The monoisotopic (exact) mass is 432 g/mol. The summed E-state index contributed by atoms with van der Waals surface area (Å²) in [6.45, 7) is 2.62. The number of rotatable bonds is 3. The predicted octanol–water partition coefficient (Wildman–Crippen LogP) is 6.04. The molecule has 0 fully saturated rings. The molecule has 4 heteroatoms. The Balaban J connectivity index is 2.44. The van der Waals surface area contributed by atoms with Crippen molar-refractivity contribution in [2.24, 2.45) is 0 Å². The minimum Gasteiger partial charge on any atom is -0.492 e. The van der Waals surface area contributed by atoms with Crippen LogP contribution in [0.2, 0.25) is 0 Å². The van der Waals surface area contributed by atoms with Crippen molar-refractivity contribution in [1.29, 1.82) is 0 Å². The van der Waals surface area contributed by atoms with Gasteiger partial charge in [0.1, 0.15) is 5.75 Å². The Morgan fingerprint density at radius 3 is 1.94 bits per heavy atom. The molecule has 1 nitrogen and oxygen atoms in total. The van der Waals surface area contributed by atoms with E-state index in [9.17, 15) is 0 Å². The molecule has 0 aliphatic heterocycles. The van der Waals surface area contributed by atoms with E-state index in [0.717, 1.165) is 24.7 Å². The first kappa shape index (κ1) is 14.1. The van der Waals surface area contributed by atoms with Gasteiger partial charge in [-0.05, 0) is 74.2 Å². The molecule has 94 valence electrons. The van der Waals surface area contributed by atoms with E-state index in [0.29, 0.717) is 6.61 Å². The smallest absolute Gasteiger partial charge is 0.147 e. The van der Waals surface area contributed by atoms with E-state index < -0.39 is 0 Å². The second kappa shape index (κ2) is 6.22. The molecule has 0 radical (unpaired) electrons. The molecule has 2 aromatic carbocycles. The van der Waals surface area contributed by atoms with Gasteiger partial charge in [-0.2, -0.15) is 0 Å². The fourth-order valence-electron chi connectivity index (χ4n) is 1.65. The molecule has 0 heterocycles. The van der Waals surface area contributed by atoms with E-state index in [1.807, 2.05) is 19.1 Å². The molecular formula is C14H11Br3O. The molecule has 0 aromatic heterocycles. The van der Waals surface area contributed by atoms with Gasteiger partial charge in [0.25, 0.3) is 0 Å². The molecule has 0 saturated carbocycles.